The molecule has 0 aliphatic carbocycles. The third kappa shape index (κ3) is 7.55. The molecule has 0 heterocycles. The Kier molecular flexibility index (Phi) is 11.7. The van der Waals surface area contributed by atoms with E-state index in [1.165, 1.54) is 12.0 Å². The van der Waals surface area contributed by atoms with E-state index in [2.05, 4.69) is 20.2 Å². The first-order valence-corrected chi connectivity index (χ1v) is 13.2. The molecule has 0 atom stereocenters. The van der Waals surface area contributed by atoms with Crippen LogP contribution in [0.25, 0.3) is 4.85 Å². The Hall–Kier alpha value is -3.21. The monoisotopic (exact) mass is 583 g/mol. The molecule has 0 unspecified atom stereocenters. The van der Waals surface area contributed by atoms with Crippen molar-refractivity contribution in [1.82, 2.24) is 0 Å². The van der Waals surface area contributed by atoms with Crippen molar-refractivity contribution in [1.29, 1.82) is 0 Å². The van der Waals surface area contributed by atoms with Gasteiger partial charge in [-0.3, -0.25) is 0 Å². The van der Waals surface area contributed by atoms with Gasteiger partial charge in [0, 0.05) is 24.5 Å². The number of benzene rings is 2. The van der Waals surface area contributed by atoms with E-state index < -0.39 is 30.2 Å². The van der Waals surface area contributed by atoms with Gasteiger partial charge in [0.2, 0.25) is 6.54 Å². The highest BCUT2D eigenvalue weighted by Crippen LogP contribution is 2.46. The largest absolute Gasteiger partial charge is 0.493 e. The lowest BCUT2D eigenvalue weighted by molar-refractivity contribution is -0.368. The predicted octanol–water partition coefficient (Wildman–Crippen LogP) is 8.32. The molecule has 0 amide bonds. The maximum absolute atomic E-state index is 13.7. The first kappa shape index (κ1) is 34.0. The van der Waals surface area contributed by atoms with Gasteiger partial charge in [-0.05, 0) is 73.4 Å². The number of ether oxygens (including phenoxy) is 3. The summed E-state index contributed by atoms with van der Waals surface area (Å²) >= 11 is 0. The first-order valence-electron chi connectivity index (χ1n) is 13.2. The molecule has 0 radical (unpaired) electrons. The highest BCUT2D eigenvalue weighted by molar-refractivity contribution is 5.50. The highest BCUT2D eigenvalue weighted by Gasteiger charge is 2.72. The minimum Gasteiger partial charge on any atom is -0.493 e. The summed E-state index contributed by atoms with van der Waals surface area (Å²) in [6.07, 6.45) is -8.77. The van der Waals surface area contributed by atoms with E-state index in [1.54, 1.807) is 19.1 Å². The number of nitrogens with zero attached hydrogens (tertiary/aromatic N) is 1. The third-order valence-electron chi connectivity index (χ3n) is 7.20. The van der Waals surface area contributed by atoms with Crippen molar-refractivity contribution in [2.45, 2.75) is 76.7 Å². The van der Waals surface area contributed by atoms with Crippen LogP contribution >= 0.6 is 0 Å². The number of alkyl halides is 6. The molecule has 41 heavy (non-hydrogen) atoms. The van der Waals surface area contributed by atoms with Crippen molar-refractivity contribution in [3.63, 3.8) is 0 Å². The van der Waals surface area contributed by atoms with Gasteiger partial charge in [-0.1, -0.05) is 44.0 Å². The zero-order chi connectivity index (χ0) is 30.9. The molecule has 4 nitrogen and oxygen atoms in total. The molecular weight excluding hydrogens is 548 g/mol. The van der Waals surface area contributed by atoms with Crippen LogP contribution in [0.5, 0.6) is 5.75 Å². The molecule has 0 aromatic heterocycles. The summed E-state index contributed by atoms with van der Waals surface area (Å²) in [6, 6.07) is 10.8. The van der Waals surface area contributed by atoms with Gasteiger partial charge in [0.15, 0.2) is 0 Å². The Labute approximate surface area is 237 Å². The van der Waals surface area contributed by atoms with E-state index >= 15 is 0 Å². The molecule has 0 aliphatic heterocycles. The van der Waals surface area contributed by atoms with E-state index in [4.69, 9.17) is 11.3 Å². The number of methoxy groups -OCH3 is 1. The Morgan fingerprint density at radius 3 is 1.93 bits per heavy atom. The fourth-order valence-corrected chi connectivity index (χ4v) is 4.72. The summed E-state index contributed by atoms with van der Waals surface area (Å²) in [7, 11) is 0.920. The van der Waals surface area contributed by atoms with Gasteiger partial charge in [-0.15, -0.1) is 0 Å². The van der Waals surface area contributed by atoms with Crippen molar-refractivity contribution >= 4 is 0 Å². The van der Waals surface area contributed by atoms with Crippen LogP contribution < -0.4 is 4.74 Å². The van der Waals surface area contributed by atoms with Crippen molar-refractivity contribution in [2.24, 2.45) is 0 Å². The van der Waals surface area contributed by atoms with Gasteiger partial charge in [0.05, 0.1) is 6.61 Å². The second kappa shape index (κ2) is 14.1. The lowest BCUT2D eigenvalue weighted by Gasteiger charge is -2.34. The maximum atomic E-state index is 13.7. The van der Waals surface area contributed by atoms with Crippen molar-refractivity contribution in [2.75, 3.05) is 27.1 Å². The van der Waals surface area contributed by atoms with E-state index in [1.807, 2.05) is 39.0 Å². The van der Waals surface area contributed by atoms with Gasteiger partial charge in [0.25, 0.3) is 0 Å². The number of aryl methyl sites for hydroxylation is 2. The maximum Gasteiger partial charge on any atom is 0.438 e. The molecule has 2 aromatic rings. The molecule has 0 N–H and O–H groups in total. The third-order valence-corrected chi connectivity index (χ3v) is 7.20. The molecule has 224 valence electrons. The first-order chi connectivity index (χ1) is 19.2. The Balaban J connectivity index is 2.48. The van der Waals surface area contributed by atoms with Crippen LogP contribution in [0.3, 0.4) is 0 Å². The molecule has 10 heteroatoms. The molecule has 0 aliphatic rings. The Morgan fingerprint density at radius 1 is 0.854 bits per heavy atom. The van der Waals surface area contributed by atoms with Crippen LogP contribution in [0.1, 0.15) is 67.3 Å². The lowest BCUT2D eigenvalue weighted by Crippen LogP contribution is -2.58. The van der Waals surface area contributed by atoms with E-state index in [0.717, 1.165) is 42.4 Å². The van der Waals surface area contributed by atoms with E-state index in [9.17, 15) is 26.3 Å². The smallest absolute Gasteiger partial charge is 0.438 e. The average Bonchev–Trinajstić information content (AvgIpc) is 2.90. The van der Waals surface area contributed by atoms with E-state index in [-0.39, 0.29) is 5.56 Å². The van der Waals surface area contributed by atoms with E-state index in [0.29, 0.717) is 31.6 Å². The molecule has 0 spiro atoms. The summed E-state index contributed by atoms with van der Waals surface area (Å²) in [5, 5.41) is 0. The molecule has 2 aromatic carbocycles. The van der Waals surface area contributed by atoms with Crippen molar-refractivity contribution in [3.8, 4) is 17.6 Å². The van der Waals surface area contributed by atoms with Crippen LogP contribution in [0.2, 0.25) is 0 Å². The number of hydrogen-bond donors (Lipinski definition) is 0. The second-order valence-electron chi connectivity index (χ2n) is 9.71. The van der Waals surface area contributed by atoms with Crippen LogP contribution in [0, 0.1) is 32.3 Å². The van der Waals surface area contributed by atoms with Gasteiger partial charge >= 0.3 is 18.0 Å². The molecule has 0 bridgehead atoms. The zero-order valence-corrected chi connectivity index (χ0v) is 23.9. The Bertz CT molecular complexity index is 1250. The number of halogens is 6. The van der Waals surface area contributed by atoms with Crippen molar-refractivity contribution in [3.05, 3.63) is 75.6 Å². The van der Waals surface area contributed by atoms with Crippen LogP contribution in [0.4, 0.5) is 26.3 Å². The Morgan fingerprint density at radius 2 is 1.44 bits per heavy atom. The lowest BCUT2D eigenvalue weighted by atomic mass is 9.70. The second-order valence-corrected chi connectivity index (χ2v) is 9.71. The fourth-order valence-electron chi connectivity index (χ4n) is 4.72. The SMILES string of the molecule is [C-]#[N+]CCCCOc1ccc(C(CC)(CC)c2ccc(C#CC(OCOC)(C(F)(F)F)C(F)(F)F)c(C)c2)cc1C. The molecule has 0 saturated carbocycles. The molecular formula is C31H35F6NO3. The average molecular weight is 584 g/mol. The number of hydrogen-bond acceptors (Lipinski definition) is 3. The summed E-state index contributed by atoms with van der Waals surface area (Å²) in [6.45, 7) is 14.2. The fraction of sp³-hybridized carbons (Fsp3) is 0.516. The normalized spacial score (nSPS) is 12.4. The molecule has 0 fully saturated rings. The number of rotatable bonds is 12. The van der Waals surface area contributed by atoms with Crippen molar-refractivity contribution < 1.29 is 40.6 Å². The summed E-state index contributed by atoms with van der Waals surface area (Å²) in [5.41, 5.74) is -1.89. The summed E-state index contributed by atoms with van der Waals surface area (Å²) in [4.78, 5) is 3.33. The van der Waals surface area contributed by atoms with Crippen LogP contribution in [-0.4, -0.2) is 45.0 Å². The number of unbranched alkanes of at least 4 members (excludes halogenated alkanes) is 1. The quantitative estimate of drug-likeness (QED) is 0.0828. The molecule has 0 saturated heterocycles. The van der Waals surface area contributed by atoms with Crippen LogP contribution in [-0.2, 0) is 14.9 Å². The summed E-state index contributed by atoms with van der Waals surface area (Å²) in [5.74, 6) is 4.15. The van der Waals surface area contributed by atoms with Crippen LogP contribution in [0.15, 0.2) is 36.4 Å². The standard InChI is InChI=1S/C31H35F6NO3/c1-7-28(8-2,26-13-14-27(23(4)20-26)40-18-10-9-17-38-5)25-12-11-24(22(3)19-25)15-16-29(30(32,33)34,31(35,36)37)41-21-39-6/h11-14,19-20H,7-10,17-18,21H2,1-4,6H3. The highest BCUT2D eigenvalue weighted by atomic mass is 19.4. The minimum atomic E-state index is -5.85. The molecule has 2 rings (SSSR count). The van der Waals surface area contributed by atoms with Gasteiger partial charge in [-0.25, -0.2) is 6.57 Å². The predicted molar refractivity (Wildman–Crippen MR) is 145 cm³/mol. The summed E-state index contributed by atoms with van der Waals surface area (Å²) < 4.78 is 96.3. The minimum absolute atomic E-state index is 0.0203. The zero-order valence-electron chi connectivity index (χ0n) is 23.9. The van der Waals surface area contributed by atoms with Gasteiger partial charge in [-0.2, -0.15) is 26.3 Å². The van der Waals surface area contributed by atoms with Gasteiger partial charge < -0.3 is 19.1 Å². The topological polar surface area (TPSA) is 32.0 Å². The van der Waals surface area contributed by atoms with Gasteiger partial charge in [0.1, 0.15) is 12.5 Å².